The molecule has 2 aromatic rings. The van der Waals surface area contributed by atoms with E-state index in [1.54, 1.807) is 7.11 Å². The Bertz CT molecular complexity index is 541. The van der Waals surface area contributed by atoms with E-state index in [1.807, 2.05) is 19.1 Å². The van der Waals surface area contributed by atoms with Gasteiger partial charge in [0, 0.05) is 24.2 Å². The summed E-state index contributed by atoms with van der Waals surface area (Å²) in [6, 6.07) is 6.34. The molecule has 0 bridgehead atoms. The number of para-hydroxylation sites is 1. The first-order chi connectivity index (χ1) is 8.06. The fraction of sp³-hybridized carbons (Fsp3) is 0.429. The van der Waals surface area contributed by atoms with E-state index in [0.717, 1.165) is 17.7 Å². The molecule has 92 valence electrons. The van der Waals surface area contributed by atoms with Gasteiger partial charge in [-0.2, -0.15) is 0 Å². The van der Waals surface area contributed by atoms with Crippen molar-refractivity contribution >= 4 is 10.9 Å². The first-order valence-electron chi connectivity index (χ1n) is 5.92. The normalized spacial score (nSPS) is 13.0. The summed E-state index contributed by atoms with van der Waals surface area (Å²) in [7, 11) is 3.78. The molecule has 0 saturated carbocycles. The van der Waals surface area contributed by atoms with Gasteiger partial charge in [-0.05, 0) is 31.9 Å². The second kappa shape index (κ2) is 4.41. The van der Waals surface area contributed by atoms with E-state index in [9.17, 15) is 0 Å². The minimum atomic E-state index is 0.172. The zero-order valence-corrected chi connectivity index (χ0v) is 10.9. The lowest BCUT2D eigenvalue weighted by Crippen LogP contribution is -2.18. The molecule has 3 nitrogen and oxygen atoms in total. The maximum atomic E-state index is 5.92. The van der Waals surface area contributed by atoms with E-state index in [4.69, 9.17) is 10.5 Å². The molecular formula is C14H20N2O. The number of rotatable bonds is 3. The quantitative estimate of drug-likeness (QED) is 0.882. The molecule has 1 aromatic carbocycles. The number of ether oxygens (including phenoxy) is 1. The molecule has 0 aliphatic heterocycles. The standard InChI is InChI=1S/C14H20N2O/c1-9(15)8-12-10(2)16(3)14-11(12)6-5-7-13(14)17-4/h5-7,9H,8,15H2,1-4H3. The minimum Gasteiger partial charge on any atom is -0.495 e. The van der Waals surface area contributed by atoms with Gasteiger partial charge in [0.25, 0.3) is 0 Å². The molecule has 0 fully saturated rings. The van der Waals surface area contributed by atoms with Gasteiger partial charge in [0.1, 0.15) is 5.75 Å². The molecule has 1 heterocycles. The van der Waals surface area contributed by atoms with Gasteiger partial charge in [0.05, 0.1) is 12.6 Å². The fourth-order valence-corrected chi connectivity index (χ4v) is 2.42. The van der Waals surface area contributed by atoms with E-state index in [1.165, 1.54) is 16.6 Å². The molecular weight excluding hydrogens is 212 g/mol. The smallest absolute Gasteiger partial charge is 0.143 e. The number of methoxy groups -OCH3 is 1. The fourth-order valence-electron chi connectivity index (χ4n) is 2.42. The molecule has 1 unspecified atom stereocenters. The summed E-state index contributed by atoms with van der Waals surface area (Å²) in [5.74, 6) is 0.920. The maximum absolute atomic E-state index is 5.92. The van der Waals surface area contributed by atoms with Crippen molar-refractivity contribution in [2.45, 2.75) is 26.3 Å². The lowest BCUT2D eigenvalue weighted by Gasteiger charge is -2.05. The van der Waals surface area contributed by atoms with Gasteiger partial charge in [-0.1, -0.05) is 12.1 Å². The molecule has 3 heteroatoms. The Morgan fingerprint density at radius 2 is 2.12 bits per heavy atom. The number of nitrogens with two attached hydrogens (primary N) is 1. The molecule has 17 heavy (non-hydrogen) atoms. The Morgan fingerprint density at radius 3 is 2.71 bits per heavy atom. The first kappa shape index (κ1) is 12.0. The van der Waals surface area contributed by atoms with Gasteiger partial charge in [-0.25, -0.2) is 0 Å². The average molecular weight is 232 g/mol. The second-order valence-corrected chi connectivity index (χ2v) is 4.66. The lowest BCUT2D eigenvalue weighted by atomic mass is 10.0. The predicted octanol–water partition coefficient (Wildman–Crippen LogP) is 2.39. The highest BCUT2D eigenvalue weighted by Gasteiger charge is 2.15. The molecule has 2 rings (SSSR count). The number of hydrogen-bond donors (Lipinski definition) is 1. The van der Waals surface area contributed by atoms with E-state index in [-0.39, 0.29) is 6.04 Å². The van der Waals surface area contributed by atoms with Crippen molar-refractivity contribution in [3.8, 4) is 5.75 Å². The van der Waals surface area contributed by atoms with Crippen molar-refractivity contribution in [2.24, 2.45) is 12.8 Å². The Labute approximate surface area is 102 Å². The van der Waals surface area contributed by atoms with E-state index in [0.29, 0.717) is 0 Å². The van der Waals surface area contributed by atoms with Gasteiger partial charge in [0.2, 0.25) is 0 Å². The van der Waals surface area contributed by atoms with Crippen molar-refractivity contribution in [1.82, 2.24) is 4.57 Å². The third-order valence-corrected chi connectivity index (χ3v) is 3.35. The SMILES string of the molecule is COc1cccc2c(CC(C)N)c(C)n(C)c12. The van der Waals surface area contributed by atoms with E-state index >= 15 is 0 Å². The van der Waals surface area contributed by atoms with Crippen LogP contribution in [0.25, 0.3) is 10.9 Å². The highest BCUT2D eigenvalue weighted by Crippen LogP contribution is 2.32. The van der Waals surface area contributed by atoms with Gasteiger partial charge in [-0.3, -0.25) is 0 Å². The summed E-state index contributed by atoms with van der Waals surface area (Å²) >= 11 is 0. The minimum absolute atomic E-state index is 0.172. The van der Waals surface area contributed by atoms with Crippen molar-refractivity contribution < 1.29 is 4.74 Å². The van der Waals surface area contributed by atoms with Gasteiger partial charge in [-0.15, -0.1) is 0 Å². The maximum Gasteiger partial charge on any atom is 0.143 e. The molecule has 0 amide bonds. The van der Waals surface area contributed by atoms with Crippen molar-refractivity contribution in [3.63, 3.8) is 0 Å². The summed E-state index contributed by atoms with van der Waals surface area (Å²) in [6.45, 7) is 4.18. The summed E-state index contributed by atoms with van der Waals surface area (Å²) < 4.78 is 7.62. The third-order valence-electron chi connectivity index (χ3n) is 3.35. The summed E-state index contributed by atoms with van der Waals surface area (Å²) in [5.41, 5.74) is 9.67. The number of nitrogens with zero attached hydrogens (tertiary/aromatic N) is 1. The van der Waals surface area contributed by atoms with Crippen molar-refractivity contribution in [3.05, 3.63) is 29.5 Å². The van der Waals surface area contributed by atoms with Crippen LogP contribution in [-0.2, 0) is 13.5 Å². The van der Waals surface area contributed by atoms with E-state index < -0.39 is 0 Å². The number of aromatic nitrogens is 1. The van der Waals surface area contributed by atoms with E-state index in [2.05, 4.69) is 24.6 Å². The monoisotopic (exact) mass is 232 g/mol. The third kappa shape index (κ3) is 1.91. The molecule has 0 spiro atoms. The van der Waals surface area contributed by atoms with Crippen LogP contribution in [-0.4, -0.2) is 17.7 Å². The first-order valence-corrected chi connectivity index (χ1v) is 5.92. The molecule has 0 saturated heterocycles. The number of fused-ring (bicyclic) bond motifs is 1. The van der Waals surface area contributed by atoms with Crippen LogP contribution in [0, 0.1) is 6.92 Å². The lowest BCUT2D eigenvalue weighted by molar-refractivity contribution is 0.418. The summed E-state index contributed by atoms with van der Waals surface area (Å²) in [4.78, 5) is 0. The molecule has 1 atom stereocenters. The zero-order valence-electron chi connectivity index (χ0n) is 10.9. The molecule has 1 aromatic heterocycles. The summed E-state index contributed by atoms with van der Waals surface area (Å²) in [6.07, 6.45) is 0.899. The van der Waals surface area contributed by atoms with Crippen LogP contribution in [0.2, 0.25) is 0 Å². The predicted molar refractivity (Wildman–Crippen MR) is 71.6 cm³/mol. The van der Waals surface area contributed by atoms with Gasteiger partial charge < -0.3 is 15.0 Å². The van der Waals surface area contributed by atoms with Crippen LogP contribution >= 0.6 is 0 Å². The van der Waals surface area contributed by atoms with Crippen molar-refractivity contribution in [2.75, 3.05) is 7.11 Å². The average Bonchev–Trinajstić information content (AvgIpc) is 2.54. The number of hydrogen-bond acceptors (Lipinski definition) is 2. The zero-order chi connectivity index (χ0) is 12.6. The van der Waals surface area contributed by atoms with Crippen LogP contribution in [0.3, 0.4) is 0 Å². The highest BCUT2D eigenvalue weighted by molar-refractivity contribution is 5.90. The Balaban J connectivity index is 2.73. The summed E-state index contributed by atoms with van der Waals surface area (Å²) in [5, 5.41) is 1.25. The molecule has 0 radical (unpaired) electrons. The Morgan fingerprint density at radius 1 is 1.41 bits per heavy atom. The second-order valence-electron chi connectivity index (χ2n) is 4.66. The van der Waals surface area contributed by atoms with Crippen LogP contribution in [0.1, 0.15) is 18.2 Å². The van der Waals surface area contributed by atoms with Crippen LogP contribution in [0.15, 0.2) is 18.2 Å². The molecule has 0 aliphatic carbocycles. The number of aryl methyl sites for hydroxylation is 1. The van der Waals surface area contributed by atoms with Crippen LogP contribution in [0.4, 0.5) is 0 Å². The number of benzene rings is 1. The molecule has 2 N–H and O–H groups in total. The van der Waals surface area contributed by atoms with Crippen molar-refractivity contribution in [1.29, 1.82) is 0 Å². The topological polar surface area (TPSA) is 40.2 Å². The largest absolute Gasteiger partial charge is 0.495 e. The Kier molecular flexibility index (Phi) is 3.11. The highest BCUT2D eigenvalue weighted by atomic mass is 16.5. The van der Waals surface area contributed by atoms with Gasteiger partial charge in [0.15, 0.2) is 0 Å². The molecule has 0 aliphatic rings. The van der Waals surface area contributed by atoms with Crippen LogP contribution in [0.5, 0.6) is 5.75 Å². The van der Waals surface area contributed by atoms with Gasteiger partial charge >= 0.3 is 0 Å². The van der Waals surface area contributed by atoms with Crippen LogP contribution < -0.4 is 10.5 Å². The Hall–Kier alpha value is -1.48.